The van der Waals surface area contributed by atoms with E-state index in [1.165, 1.54) is 17.2 Å². The number of hydrogen-bond acceptors (Lipinski definition) is 3. The van der Waals surface area contributed by atoms with E-state index in [1.807, 2.05) is 40.1 Å². The van der Waals surface area contributed by atoms with E-state index in [0.717, 1.165) is 22.4 Å². The maximum Gasteiger partial charge on any atom is 0.224 e. The maximum absolute atomic E-state index is 14.2. The monoisotopic (exact) mass is 504 g/mol. The van der Waals surface area contributed by atoms with Crippen LogP contribution in [-0.2, 0) is 17.8 Å². The zero-order valence-electron chi connectivity index (χ0n) is 20.7. The first-order valence-corrected chi connectivity index (χ1v) is 12.8. The SMILES string of the molecule is Cc1cc2nc(Cc3ccccc3Cl)n(CCC(=O)N3CCN(c4ccccc4F)CC3)c2cc1C. The van der Waals surface area contributed by atoms with E-state index in [4.69, 9.17) is 16.6 Å². The molecule has 5 rings (SSSR count). The number of nitrogens with zero attached hydrogens (tertiary/aromatic N) is 4. The number of imidazole rings is 1. The average molecular weight is 505 g/mol. The lowest BCUT2D eigenvalue weighted by molar-refractivity contribution is -0.131. The van der Waals surface area contributed by atoms with E-state index >= 15 is 0 Å². The number of aromatic nitrogens is 2. The van der Waals surface area contributed by atoms with Crippen molar-refractivity contribution < 1.29 is 9.18 Å². The van der Waals surface area contributed by atoms with Crippen LogP contribution in [0, 0.1) is 19.7 Å². The van der Waals surface area contributed by atoms with Crippen molar-refractivity contribution in [2.75, 3.05) is 31.1 Å². The average Bonchev–Trinajstić information content (AvgIpc) is 3.20. The number of amides is 1. The summed E-state index contributed by atoms with van der Waals surface area (Å²) in [4.78, 5) is 22.0. The third-order valence-electron chi connectivity index (χ3n) is 7.12. The van der Waals surface area contributed by atoms with Crippen molar-refractivity contribution >= 4 is 34.2 Å². The Kier molecular flexibility index (Phi) is 6.97. The topological polar surface area (TPSA) is 41.4 Å². The van der Waals surface area contributed by atoms with E-state index in [9.17, 15) is 9.18 Å². The molecule has 0 radical (unpaired) electrons. The molecule has 5 nitrogen and oxygen atoms in total. The molecule has 1 saturated heterocycles. The highest BCUT2D eigenvalue weighted by Crippen LogP contribution is 2.26. The number of piperazine rings is 1. The Morgan fingerprint density at radius 1 is 0.972 bits per heavy atom. The van der Waals surface area contributed by atoms with Crippen LogP contribution in [0.15, 0.2) is 60.7 Å². The molecule has 4 aromatic rings. The number of halogens is 2. The molecule has 186 valence electrons. The van der Waals surface area contributed by atoms with Gasteiger partial charge in [0.15, 0.2) is 0 Å². The van der Waals surface area contributed by atoms with E-state index in [2.05, 4.69) is 30.5 Å². The van der Waals surface area contributed by atoms with Gasteiger partial charge in [0, 0.05) is 50.6 Å². The molecule has 0 spiro atoms. The minimum Gasteiger partial charge on any atom is -0.366 e. The number of para-hydroxylation sites is 1. The van der Waals surface area contributed by atoms with Gasteiger partial charge in [-0.15, -0.1) is 0 Å². The van der Waals surface area contributed by atoms with Crippen LogP contribution in [0.1, 0.15) is 28.9 Å². The van der Waals surface area contributed by atoms with Crippen molar-refractivity contribution in [1.82, 2.24) is 14.5 Å². The summed E-state index contributed by atoms with van der Waals surface area (Å²) in [6.45, 7) is 7.15. The lowest BCUT2D eigenvalue weighted by Crippen LogP contribution is -2.49. The zero-order chi connectivity index (χ0) is 25.2. The molecule has 0 atom stereocenters. The largest absolute Gasteiger partial charge is 0.366 e. The molecule has 0 bridgehead atoms. The summed E-state index contributed by atoms with van der Waals surface area (Å²) in [7, 11) is 0. The third kappa shape index (κ3) is 4.96. The second-order valence-corrected chi connectivity index (χ2v) is 9.85. The molecule has 2 heterocycles. The van der Waals surface area contributed by atoms with Gasteiger partial charge in [0.1, 0.15) is 11.6 Å². The van der Waals surface area contributed by atoms with Crippen LogP contribution < -0.4 is 4.90 Å². The van der Waals surface area contributed by atoms with Gasteiger partial charge in [-0.05, 0) is 60.9 Å². The molecular formula is C29H30ClFN4O. The first-order chi connectivity index (χ1) is 17.4. The second kappa shape index (κ2) is 10.3. The van der Waals surface area contributed by atoms with Gasteiger partial charge in [-0.1, -0.05) is 41.9 Å². The summed E-state index contributed by atoms with van der Waals surface area (Å²) in [5.41, 5.74) is 5.98. The number of aryl methyl sites for hydroxylation is 3. The van der Waals surface area contributed by atoms with Crippen LogP contribution in [0.3, 0.4) is 0 Å². The molecule has 7 heteroatoms. The molecule has 36 heavy (non-hydrogen) atoms. The molecule has 1 aliphatic heterocycles. The number of benzene rings is 3. The van der Waals surface area contributed by atoms with Crippen molar-refractivity contribution in [1.29, 1.82) is 0 Å². The maximum atomic E-state index is 14.2. The van der Waals surface area contributed by atoms with Crippen LogP contribution in [0.25, 0.3) is 11.0 Å². The van der Waals surface area contributed by atoms with Gasteiger partial charge >= 0.3 is 0 Å². The molecule has 0 unspecified atom stereocenters. The Hall–Kier alpha value is -3.38. The number of fused-ring (bicyclic) bond motifs is 1. The number of rotatable bonds is 6. The van der Waals surface area contributed by atoms with Crippen molar-refractivity contribution in [3.8, 4) is 0 Å². The minimum atomic E-state index is -0.221. The first kappa shape index (κ1) is 24.3. The number of carbonyl (C=O) groups excluding carboxylic acids is 1. The van der Waals surface area contributed by atoms with Crippen LogP contribution in [0.2, 0.25) is 5.02 Å². The van der Waals surface area contributed by atoms with Gasteiger partial charge in [0.2, 0.25) is 5.91 Å². The van der Waals surface area contributed by atoms with Gasteiger partial charge in [-0.25, -0.2) is 9.37 Å². The summed E-state index contributed by atoms with van der Waals surface area (Å²) in [5.74, 6) is 0.790. The lowest BCUT2D eigenvalue weighted by Gasteiger charge is -2.36. The van der Waals surface area contributed by atoms with Crippen molar-refractivity contribution in [2.45, 2.75) is 33.2 Å². The molecule has 3 aromatic carbocycles. The number of carbonyl (C=O) groups is 1. The zero-order valence-corrected chi connectivity index (χ0v) is 21.4. The Labute approximate surface area is 216 Å². The third-order valence-corrected chi connectivity index (χ3v) is 7.49. The quantitative estimate of drug-likeness (QED) is 0.334. The highest BCUT2D eigenvalue weighted by atomic mass is 35.5. The minimum absolute atomic E-state index is 0.109. The van der Waals surface area contributed by atoms with Gasteiger partial charge in [0.25, 0.3) is 0 Å². The highest BCUT2D eigenvalue weighted by molar-refractivity contribution is 6.31. The van der Waals surface area contributed by atoms with Crippen LogP contribution in [-0.4, -0.2) is 46.5 Å². The highest BCUT2D eigenvalue weighted by Gasteiger charge is 2.23. The predicted molar refractivity (Wildman–Crippen MR) is 143 cm³/mol. The number of anilines is 1. The van der Waals surface area contributed by atoms with E-state index in [0.29, 0.717) is 56.3 Å². The van der Waals surface area contributed by atoms with E-state index in [1.54, 1.807) is 12.1 Å². The fraction of sp³-hybridized carbons (Fsp3) is 0.310. The Morgan fingerprint density at radius 3 is 2.42 bits per heavy atom. The van der Waals surface area contributed by atoms with E-state index < -0.39 is 0 Å². The fourth-order valence-electron chi connectivity index (χ4n) is 4.90. The molecule has 1 aromatic heterocycles. The molecule has 0 N–H and O–H groups in total. The molecule has 1 aliphatic rings. The molecule has 0 saturated carbocycles. The Morgan fingerprint density at radius 2 is 1.67 bits per heavy atom. The molecular weight excluding hydrogens is 475 g/mol. The summed E-state index contributed by atoms with van der Waals surface area (Å²) >= 11 is 6.45. The van der Waals surface area contributed by atoms with Crippen LogP contribution in [0.4, 0.5) is 10.1 Å². The van der Waals surface area contributed by atoms with Gasteiger partial charge in [-0.2, -0.15) is 0 Å². The molecule has 0 aliphatic carbocycles. The standard InChI is InChI=1S/C29H30ClFN4O/c1-20-17-25-27(18-21(20)2)35(28(32-25)19-22-7-3-4-8-23(22)30)12-11-29(36)34-15-13-33(14-16-34)26-10-6-5-9-24(26)31/h3-10,17-18H,11-16,19H2,1-2H3. The first-order valence-electron chi connectivity index (χ1n) is 12.4. The summed E-state index contributed by atoms with van der Waals surface area (Å²) in [5, 5.41) is 0.715. The predicted octanol–water partition coefficient (Wildman–Crippen LogP) is 5.78. The molecule has 1 amide bonds. The van der Waals surface area contributed by atoms with Gasteiger partial charge < -0.3 is 14.4 Å². The molecule has 1 fully saturated rings. The summed E-state index contributed by atoms with van der Waals surface area (Å²) in [6, 6.07) is 18.9. The normalized spacial score (nSPS) is 14.0. The van der Waals surface area contributed by atoms with Crippen LogP contribution in [0.5, 0.6) is 0 Å². The fourth-order valence-corrected chi connectivity index (χ4v) is 5.10. The van der Waals surface area contributed by atoms with Crippen LogP contribution >= 0.6 is 11.6 Å². The smallest absolute Gasteiger partial charge is 0.224 e. The lowest BCUT2D eigenvalue weighted by atomic mass is 10.1. The van der Waals surface area contributed by atoms with E-state index in [-0.39, 0.29) is 11.7 Å². The Bertz CT molecular complexity index is 1410. The Balaban J connectivity index is 1.32. The summed E-state index contributed by atoms with van der Waals surface area (Å²) in [6.07, 6.45) is 0.982. The van der Waals surface area contributed by atoms with Crippen molar-refractivity contribution in [3.63, 3.8) is 0 Å². The van der Waals surface area contributed by atoms with Gasteiger partial charge in [0.05, 0.1) is 16.7 Å². The van der Waals surface area contributed by atoms with Crippen molar-refractivity contribution in [3.05, 3.63) is 94.0 Å². The van der Waals surface area contributed by atoms with Gasteiger partial charge in [-0.3, -0.25) is 4.79 Å². The number of hydrogen-bond donors (Lipinski definition) is 0. The van der Waals surface area contributed by atoms with Crippen molar-refractivity contribution in [2.24, 2.45) is 0 Å². The summed E-state index contributed by atoms with van der Waals surface area (Å²) < 4.78 is 16.3. The second-order valence-electron chi connectivity index (χ2n) is 9.44.